The Morgan fingerprint density at radius 2 is 2.14 bits per heavy atom. The molecule has 1 heterocycles. The van der Waals surface area contributed by atoms with E-state index in [9.17, 15) is 13.6 Å². The van der Waals surface area contributed by atoms with Gasteiger partial charge in [-0.25, -0.2) is 4.98 Å². The first kappa shape index (κ1) is 15.2. The van der Waals surface area contributed by atoms with E-state index in [0.29, 0.717) is 5.69 Å². The van der Waals surface area contributed by atoms with E-state index in [-0.39, 0.29) is 16.5 Å². The molecule has 0 unspecified atom stereocenters. The zero-order valence-corrected chi connectivity index (χ0v) is 11.7. The smallest absolute Gasteiger partial charge is 0.387 e. The van der Waals surface area contributed by atoms with Crippen molar-refractivity contribution >= 4 is 23.2 Å². The largest absolute Gasteiger partial charge is 0.435 e. The van der Waals surface area contributed by atoms with Crippen LogP contribution in [0.1, 0.15) is 15.9 Å². The van der Waals surface area contributed by atoms with E-state index >= 15 is 0 Å². The van der Waals surface area contributed by atoms with Crippen LogP contribution in [0.3, 0.4) is 0 Å². The van der Waals surface area contributed by atoms with Gasteiger partial charge in [-0.1, -0.05) is 17.7 Å². The van der Waals surface area contributed by atoms with Crippen LogP contribution in [0.5, 0.6) is 5.75 Å². The minimum Gasteiger partial charge on any atom is -0.435 e. The molecule has 21 heavy (non-hydrogen) atoms. The zero-order chi connectivity index (χ0) is 15.4. The van der Waals surface area contributed by atoms with Gasteiger partial charge in [0.25, 0.3) is 5.91 Å². The zero-order valence-electron chi connectivity index (χ0n) is 10.9. The molecule has 0 aliphatic carbocycles. The van der Waals surface area contributed by atoms with Crippen molar-refractivity contribution < 1.29 is 18.3 Å². The Morgan fingerprint density at radius 3 is 2.86 bits per heavy atom. The summed E-state index contributed by atoms with van der Waals surface area (Å²) in [4.78, 5) is 16.0. The molecule has 0 spiro atoms. The summed E-state index contributed by atoms with van der Waals surface area (Å²) in [5.41, 5.74) is 1.34. The minimum atomic E-state index is -2.95. The Kier molecular flexibility index (Phi) is 4.70. The fourth-order valence-electron chi connectivity index (χ4n) is 1.65. The third kappa shape index (κ3) is 4.13. The molecule has 4 nitrogen and oxygen atoms in total. The molecular formula is C14H11ClF2N2O2. The number of alkyl halides is 2. The molecule has 1 aromatic carbocycles. The number of halogens is 3. The standard InChI is InChI=1S/C14H11ClF2N2O2/c1-8-5-11(12(15)18-7-8)19-13(20)9-3-2-4-10(6-9)21-14(16)17/h2-7,14H,1H3,(H,19,20). The molecule has 0 aliphatic rings. The Morgan fingerprint density at radius 1 is 1.38 bits per heavy atom. The molecule has 2 rings (SSSR count). The Hall–Kier alpha value is -2.21. The predicted octanol–water partition coefficient (Wildman–Crippen LogP) is 3.90. The number of benzene rings is 1. The summed E-state index contributed by atoms with van der Waals surface area (Å²) < 4.78 is 28.5. The van der Waals surface area contributed by atoms with Gasteiger partial charge in [0.05, 0.1) is 5.69 Å². The van der Waals surface area contributed by atoms with Crippen molar-refractivity contribution in [2.75, 3.05) is 5.32 Å². The summed E-state index contributed by atoms with van der Waals surface area (Å²) in [6.07, 6.45) is 1.56. The number of hydrogen-bond acceptors (Lipinski definition) is 3. The maximum atomic E-state index is 12.1. The van der Waals surface area contributed by atoms with Crippen molar-refractivity contribution in [2.24, 2.45) is 0 Å². The maximum Gasteiger partial charge on any atom is 0.387 e. The van der Waals surface area contributed by atoms with Crippen molar-refractivity contribution in [1.82, 2.24) is 4.98 Å². The highest BCUT2D eigenvalue weighted by atomic mass is 35.5. The molecule has 0 bridgehead atoms. The van der Waals surface area contributed by atoms with Gasteiger partial charge < -0.3 is 10.1 Å². The summed E-state index contributed by atoms with van der Waals surface area (Å²) in [6.45, 7) is -1.14. The van der Waals surface area contributed by atoms with E-state index in [1.165, 1.54) is 24.3 Å². The number of nitrogens with one attached hydrogen (secondary N) is 1. The van der Waals surface area contributed by atoms with Gasteiger partial charge in [0.1, 0.15) is 5.75 Å². The molecule has 1 amide bonds. The third-order valence-corrected chi connectivity index (χ3v) is 2.85. The fraction of sp³-hybridized carbons (Fsp3) is 0.143. The lowest BCUT2D eigenvalue weighted by molar-refractivity contribution is -0.0498. The second-order valence-electron chi connectivity index (χ2n) is 4.21. The molecule has 0 atom stereocenters. The third-order valence-electron chi connectivity index (χ3n) is 2.55. The summed E-state index contributed by atoms with van der Waals surface area (Å²) >= 11 is 5.88. The predicted molar refractivity (Wildman–Crippen MR) is 75.0 cm³/mol. The second kappa shape index (κ2) is 6.49. The number of aromatic nitrogens is 1. The highest BCUT2D eigenvalue weighted by molar-refractivity contribution is 6.32. The summed E-state index contributed by atoms with van der Waals surface area (Å²) in [7, 11) is 0. The molecule has 0 saturated heterocycles. The SMILES string of the molecule is Cc1cnc(Cl)c(NC(=O)c2cccc(OC(F)F)c2)c1. The van der Waals surface area contributed by atoms with E-state index in [1.807, 2.05) is 0 Å². The van der Waals surface area contributed by atoms with Gasteiger partial charge in [-0.15, -0.1) is 0 Å². The van der Waals surface area contributed by atoms with Gasteiger partial charge in [-0.2, -0.15) is 8.78 Å². The molecule has 0 saturated carbocycles. The quantitative estimate of drug-likeness (QED) is 0.871. The van der Waals surface area contributed by atoms with E-state index in [2.05, 4.69) is 15.0 Å². The van der Waals surface area contributed by atoms with Crippen molar-refractivity contribution in [2.45, 2.75) is 13.5 Å². The molecule has 2 aromatic rings. The van der Waals surface area contributed by atoms with E-state index < -0.39 is 12.5 Å². The number of anilines is 1. The minimum absolute atomic E-state index is 0.0916. The molecule has 1 aromatic heterocycles. The van der Waals surface area contributed by atoms with Crippen molar-refractivity contribution in [3.8, 4) is 5.75 Å². The number of aryl methyl sites for hydroxylation is 1. The number of ether oxygens (including phenoxy) is 1. The van der Waals surface area contributed by atoms with Crippen molar-refractivity contribution in [1.29, 1.82) is 0 Å². The van der Waals surface area contributed by atoms with Crippen LogP contribution in [0.25, 0.3) is 0 Å². The van der Waals surface area contributed by atoms with Crippen LogP contribution in [-0.4, -0.2) is 17.5 Å². The highest BCUT2D eigenvalue weighted by Crippen LogP contribution is 2.22. The monoisotopic (exact) mass is 312 g/mol. The number of rotatable bonds is 4. The highest BCUT2D eigenvalue weighted by Gasteiger charge is 2.11. The Balaban J connectivity index is 2.18. The van der Waals surface area contributed by atoms with E-state index in [4.69, 9.17) is 11.6 Å². The lowest BCUT2D eigenvalue weighted by Gasteiger charge is -2.09. The van der Waals surface area contributed by atoms with Crippen LogP contribution < -0.4 is 10.1 Å². The molecule has 110 valence electrons. The molecular weight excluding hydrogens is 302 g/mol. The fourth-order valence-corrected chi connectivity index (χ4v) is 1.80. The average Bonchev–Trinajstić information content (AvgIpc) is 2.42. The lowest BCUT2D eigenvalue weighted by atomic mass is 10.2. The van der Waals surface area contributed by atoms with Crippen LogP contribution in [0, 0.1) is 6.92 Å². The van der Waals surface area contributed by atoms with Gasteiger partial charge >= 0.3 is 6.61 Å². The van der Waals surface area contributed by atoms with Crippen molar-refractivity contribution in [3.63, 3.8) is 0 Å². The normalized spacial score (nSPS) is 10.5. The first-order valence-corrected chi connectivity index (χ1v) is 6.32. The molecule has 0 fully saturated rings. The summed E-state index contributed by atoms with van der Waals surface area (Å²) in [5, 5.41) is 2.72. The first-order chi connectivity index (χ1) is 9.95. The van der Waals surface area contributed by atoms with Gasteiger partial charge in [0.2, 0.25) is 0 Å². The molecule has 0 radical (unpaired) electrons. The van der Waals surface area contributed by atoms with Gasteiger partial charge in [-0.05, 0) is 36.8 Å². The van der Waals surface area contributed by atoms with Crippen LogP contribution in [0.4, 0.5) is 14.5 Å². The number of pyridine rings is 1. The van der Waals surface area contributed by atoms with Crippen LogP contribution in [0.15, 0.2) is 36.5 Å². The van der Waals surface area contributed by atoms with Gasteiger partial charge in [0, 0.05) is 11.8 Å². The molecule has 1 N–H and O–H groups in total. The van der Waals surface area contributed by atoms with Crippen molar-refractivity contribution in [3.05, 3.63) is 52.8 Å². The first-order valence-electron chi connectivity index (χ1n) is 5.94. The number of hydrogen-bond donors (Lipinski definition) is 1. The van der Waals surface area contributed by atoms with Crippen LogP contribution in [-0.2, 0) is 0 Å². The lowest BCUT2D eigenvalue weighted by Crippen LogP contribution is -2.13. The van der Waals surface area contributed by atoms with Gasteiger partial charge in [-0.3, -0.25) is 4.79 Å². The van der Waals surface area contributed by atoms with Crippen LogP contribution in [0.2, 0.25) is 5.15 Å². The Labute approximate surface area is 124 Å². The van der Waals surface area contributed by atoms with E-state index in [1.54, 1.807) is 19.2 Å². The molecule has 0 aliphatic heterocycles. The van der Waals surface area contributed by atoms with Gasteiger partial charge in [0.15, 0.2) is 5.15 Å². The Bertz CT molecular complexity index is 665. The van der Waals surface area contributed by atoms with E-state index in [0.717, 1.165) is 5.56 Å². The summed E-state index contributed by atoms with van der Waals surface area (Å²) in [6, 6.07) is 7.14. The maximum absolute atomic E-state index is 12.1. The average molecular weight is 313 g/mol. The number of nitrogens with zero attached hydrogens (tertiary/aromatic N) is 1. The number of carbonyl (C=O) groups is 1. The second-order valence-corrected chi connectivity index (χ2v) is 4.57. The number of amides is 1. The topological polar surface area (TPSA) is 51.2 Å². The summed E-state index contributed by atoms with van der Waals surface area (Å²) in [5.74, 6) is -0.588. The van der Waals surface area contributed by atoms with Crippen LogP contribution >= 0.6 is 11.6 Å². The number of carbonyl (C=O) groups excluding carboxylic acids is 1. The molecule has 7 heteroatoms.